The monoisotopic (exact) mass is 257 g/mol. The third kappa shape index (κ3) is 2.36. The highest BCUT2D eigenvalue weighted by molar-refractivity contribution is 9.10. The standard InChI is InChI=1S/C10H16BrN3/c1-13-7-9(11)12-10(13)8-14-5-3-2-4-6-14/h7H,2-6,8H2,1H3. The van der Waals surface area contributed by atoms with Gasteiger partial charge in [-0.05, 0) is 41.9 Å². The number of hydrogen-bond acceptors (Lipinski definition) is 2. The van der Waals surface area contributed by atoms with Gasteiger partial charge in [0.2, 0.25) is 0 Å². The largest absolute Gasteiger partial charge is 0.336 e. The van der Waals surface area contributed by atoms with Crippen LogP contribution in [0.3, 0.4) is 0 Å². The highest BCUT2D eigenvalue weighted by atomic mass is 79.9. The maximum absolute atomic E-state index is 4.44. The smallest absolute Gasteiger partial charge is 0.124 e. The van der Waals surface area contributed by atoms with Crippen LogP contribution in [-0.2, 0) is 13.6 Å². The van der Waals surface area contributed by atoms with E-state index < -0.39 is 0 Å². The molecule has 2 heterocycles. The molecule has 4 heteroatoms. The van der Waals surface area contributed by atoms with E-state index in [0.29, 0.717) is 0 Å². The zero-order valence-corrected chi connectivity index (χ0v) is 10.1. The minimum Gasteiger partial charge on any atom is -0.336 e. The van der Waals surface area contributed by atoms with Crippen LogP contribution in [0, 0.1) is 0 Å². The van der Waals surface area contributed by atoms with Crippen LogP contribution in [-0.4, -0.2) is 27.5 Å². The molecule has 1 aliphatic rings. The van der Waals surface area contributed by atoms with Gasteiger partial charge in [-0.1, -0.05) is 6.42 Å². The first kappa shape index (κ1) is 10.2. The van der Waals surface area contributed by atoms with E-state index in [2.05, 4.69) is 37.4 Å². The molecule has 0 saturated carbocycles. The van der Waals surface area contributed by atoms with Crippen molar-refractivity contribution >= 4 is 15.9 Å². The van der Waals surface area contributed by atoms with Crippen LogP contribution in [0.2, 0.25) is 0 Å². The predicted molar refractivity (Wildman–Crippen MR) is 60.0 cm³/mol. The van der Waals surface area contributed by atoms with Crippen molar-refractivity contribution in [3.8, 4) is 0 Å². The van der Waals surface area contributed by atoms with Crippen molar-refractivity contribution in [2.45, 2.75) is 25.8 Å². The van der Waals surface area contributed by atoms with Gasteiger partial charge in [-0.15, -0.1) is 0 Å². The van der Waals surface area contributed by atoms with E-state index >= 15 is 0 Å². The first-order valence-corrected chi connectivity index (χ1v) is 5.95. The number of hydrogen-bond donors (Lipinski definition) is 0. The van der Waals surface area contributed by atoms with Crippen molar-refractivity contribution in [3.05, 3.63) is 16.6 Å². The molecule has 1 saturated heterocycles. The fourth-order valence-corrected chi connectivity index (χ4v) is 2.44. The molecule has 0 aliphatic carbocycles. The first-order chi connectivity index (χ1) is 6.75. The molecule has 0 amide bonds. The number of piperidine rings is 1. The predicted octanol–water partition coefficient (Wildman–Crippen LogP) is 2.17. The Labute approximate surface area is 93.2 Å². The molecule has 0 spiro atoms. The van der Waals surface area contributed by atoms with Crippen LogP contribution in [0.4, 0.5) is 0 Å². The lowest BCUT2D eigenvalue weighted by molar-refractivity contribution is 0.214. The van der Waals surface area contributed by atoms with Gasteiger partial charge in [-0.2, -0.15) is 0 Å². The van der Waals surface area contributed by atoms with Gasteiger partial charge >= 0.3 is 0 Å². The third-order valence-electron chi connectivity index (χ3n) is 2.76. The van der Waals surface area contributed by atoms with E-state index in [9.17, 15) is 0 Å². The Morgan fingerprint density at radius 2 is 2.07 bits per heavy atom. The number of imidazole rings is 1. The number of aryl methyl sites for hydroxylation is 1. The second kappa shape index (κ2) is 4.45. The second-order valence-corrected chi connectivity index (χ2v) is 4.74. The Morgan fingerprint density at radius 1 is 1.36 bits per heavy atom. The first-order valence-electron chi connectivity index (χ1n) is 5.16. The summed E-state index contributed by atoms with van der Waals surface area (Å²) in [5.41, 5.74) is 0. The van der Waals surface area contributed by atoms with Crippen LogP contribution >= 0.6 is 15.9 Å². The number of likely N-dealkylation sites (tertiary alicyclic amines) is 1. The summed E-state index contributed by atoms with van der Waals surface area (Å²) in [6, 6.07) is 0. The van der Waals surface area contributed by atoms with Crippen LogP contribution in [0.15, 0.2) is 10.8 Å². The lowest BCUT2D eigenvalue weighted by Gasteiger charge is -2.25. The highest BCUT2D eigenvalue weighted by Gasteiger charge is 2.13. The zero-order valence-electron chi connectivity index (χ0n) is 8.54. The molecular formula is C10H16BrN3. The summed E-state index contributed by atoms with van der Waals surface area (Å²) in [5.74, 6) is 1.15. The van der Waals surface area contributed by atoms with Gasteiger partial charge in [0.1, 0.15) is 10.4 Å². The van der Waals surface area contributed by atoms with Gasteiger partial charge < -0.3 is 4.57 Å². The summed E-state index contributed by atoms with van der Waals surface area (Å²) >= 11 is 3.40. The highest BCUT2D eigenvalue weighted by Crippen LogP contribution is 2.14. The molecule has 3 nitrogen and oxygen atoms in total. The van der Waals surface area contributed by atoms with Gasteiger partial charge in [0.05, 0.1) is 6.54 Å². The Bertz CT molecular complexity index is 302. The molecule has 1 aromatic heterocycles. The second-order valence-electron chi connectivity index (χ2n) is 3.93. The SMILES string of the molecule is Cn1cc(Br)nc1CN1CCCCC1. The average Bonchev–Trinajstić information content (AvgIpc) is 2.47. The summed E-state index contributed by atoms with van der Waals surface area (Å²) in [6.45, 7) is 3.44. The summed E-state index contributed by atoms with van der Waals surface area (Å²) < 4.78 is 3.03. The van der Waals surface area contributed by atoms with E-state index in [1.165, 1.54) is 32.4 Å². The van der Waals surface area contributed by atoms with Crippen LogP contribution in [0.5, 0.6) is 0 Å². The molecule has 0 aromatic carbocycles. The normalized spacial score (nSPS) is 18.7. The Morgan fingerprint density at radius 3 is 2.64 bits per heavy atom. The van der Waals surface area contributed by atoms with Crippen molar-refractivity contribution in [1.29, 1.82) is 0 Å². The zero-order chi connectivity index (χ0) is 9.97. The molecular weight excluding hydrogens is 242 g/mol. The molecule has 0 atom stereocenters. The van der Waals surface area contributed by atoms with E-state index in [4.69, 9.17) is 0 Å². The average molecular weight is 258 g/mol. The maximum Gasteiger partial charge on any atom is 0.124 e. The third-order valence-corrected chi connectivity index (χ3v) is 3.14. The van der Waals surface area contributed by atoms with Gasteiger partial charge in [-0.3, -0.25) is 4.90 Å². The van der Waals surface area contributed by atoms with Crippen LogP contribution < -0.4 is 0 Å². The van der Waals surface area contributed by atoms with E-state index in [-0.39, 0.29) is 0 Å². The number of aromatic nitrogens is 2. The number of halogens is 1. The molecule has 0 bridgehead atoms. The van der Waals surface area contributed by atoms with E-state index in [1.807, 2.05) is 6.20 Å². The molecule has 1 aliphatic heterocycles. The van der Waals surface area contributed by atoms with Crippen LogP contribution in [0.25, 0.3) is 0 Å². The van der Waals surface area contributed by atoms with Gasteiger partial charge in [0, 0.05) is 13.2 Å². The molecule has 1 fully saturated rings. The van der Waals surface area contributed by atoms with Crippen molar-refractivity contribution in [2.24, 2.45) is 7.05 Å². The molecule has 0 N–H and O–H groups in total. The lowest BCUT2D eigenvalue weighted by Crippen LogP contribution is -2.30. The quantitative estimate of drug-likeness (QED) is 0.810. The van der Waals surface area contributed by atoms with E-state index in [0.717, 1.165) is 17.0 Å². The Balaban J connectivity index is 1.98. The molecule has 2 rings (SSSR count). The van der Waals surface area contributed by atoms with Crippen molar-refractivity contribution in [2.75, 3.05) is 13.1 Å². The van der Waals surface area contributed by atoms with Crippen molar-refractivity contribution in [1.82, 2.24) is 14.5 Å². The Hall–Kier alpha value is -0.350. The fourth-order valence-electron chi connectivity index (χ4n) is 1.93. The van der Waals surface area contributed by atoms with Gasteiger partial charge in [0.25, 0.3) is 0 Å². The lowest BCUT2D eigenvalue weighted by atomic mass is 10.1. The number of nitrogens with zero attached hydrogens (tertiary/aromatic N) is 3. The summed E-state index contributed by atoms with van der Waals surface area (Å²) in [4.78, 5) is 6.93. The number of rotatable bonds is 2. The molecule has 0 unspecified atom stereocenters. The van der Waals surface area contributed by atoms with Gasteiger partial charge in [0.15, 0.2) is 0 Å². The minimum atomic E-state index is 0.937. The molecule has 14 heavy (non-hydrogen) atoms. The summed E-state index contributed by atoms with van der Waals surface area (Å²) in [6.07, 6.45) is 6.08. The van der Waals surface area contributed by atoms with E-state index in [1.54, 1.807) is 0 Å². The van der Waals surface area contributed by atoms with Gasteiger partial charge in [-0.25, -0.2) is 4.98 Å². The molecule has 78 valence electrons. The summed E-state index contributed by atoms with van der Waals surface area (Å²) in [5, 5.41) is 0. The minimum absolute atomic E-state index is 0.937. The topological polar surface area (TPSA) is 21.1 Å². The Kier molecular flexibility index (Phi) is 3.23. The van der Waals surface area contributed by atoms with Crippen molar-refractivity contribution < 1.29 is 0 Å². The molecule has 0 radical (unpaired) electrons. The molecule has 1 aromatic rings. The fraction of sp³-hybridized carbons (Fsp3) is 0.700. The van der Waals surface area contributed by atoms with Crippen LogP contribution in [0.1, 0.15) is 25.1 Å². The van der Waals surface area contributed by atoms with Crippen molar-refractivity contribution in [3.63, 3.8) is 0 Å². The summed E-state index contributed by atoms with van der Waals surface area (Å²) in [7, 11) is 2.05. The maximum atomic E-state index is 4.44.